The van der Waals surface area contributed by atoms with Crippen molar-refractivity contribution in [2.75, 3.05) is 20.3 Å². The van der Waals surface area contributed by atoms with Crippen LogP contribution < -0.4 is 0 Å². The highest BCUT2D eigenvalue weighted by Crippen LogP contribution is 2.29. The minimum atomic E-state index is -0.0601. The number of methoxy groups -OCH3 is 1. The first-order valence-corrected chi connectivity index (χ1v) is 6.58. The summed E-state index contributed by atoms with van der Waals surface area (Å²) in [6.45, 7) is 3.52. The second kappa shape index (κ2) is 6.12. The summed E-state index contributed by atoms with van der Waals surface area (Å²) in [6, 6.07) is 10.1. The van der Waals surface area contributed by atoms with Crippen LogP contribution in [-0.4, -0.2) is 43.0 Å². The first-order chi connectivity index (χ1) is 8.74. The van der Waals surface area contributed by atoms with Gasteiger partial charge in [-0.05, 0) is 19.8 Å². The predicted molar refractivity (Wildman–Crippen MR) is 71.8 cm³/mol. The van der Waals surface area contributed by atoms with Gasteiger partial charge in [-0.15, -0.1) is 0 Å². The van der Waals surface area contributed by atoms with Gasteiger partial charge in [0.2, 0.25) is 0 Å². The van der Waals surface area contributed by atoms with E-state index in [0.717, 1.165) is 12.1 Å². The van der Waals surface area contributed by atoms with Crippen molar-refractivity contribution in [3.8, 4) is 0 Å². The Labute approximate surface area is 109 Å². The third-order valence-electron chi connectivity index (χ3n) is 3.50. The molecule has 0 N–H and O–H groups in total. The number of hydrogen-bond acceptors (Lipinski definition) is 3. The lowest BCUT2D eigenvalue weighted by atomic mass is 10.0. The number of carbonyl (C=O) groups is 1. The second-order valence-electron chi connectivity index (χ2n) is 4.87. The summed E-state index contributed by atoms with van der Waals surface area (Å²) in [5.41, 5.74) is 0.799. The molecule has 1 aromatic rings. The van der Waals surface area contributed by atoms with Crippen LogP contribution in [0.2, 0.25) is 0 Å². The first kappa shape index (κ1) is 13.2. The lowest BCUT2D eigenvalue weighted by Gasteiger charge is -2.27. The van der Waals surface area contributed by atoms with Crippen molar-refractivity contribution in [2.45, 2.75) is 31.8 Å². The molecule has 1 aromatic carbocycles. The Morgan fingerprint density at radius 3 is 2.61 bits per heavy atom. The maximum Gasteiger partial charge on any atom is 0.179 e. The Morgan fingerprint density at radius 1 is 1.39 bits per heavy atom. The molecule has 3 heteroatoms. The predicted octanol–water partition coefficient (Wildman–Crippen LogP) is 2.37. The molecule has 3 nitrogen and oxygen atoms in total. The van der Waals surface area contributed by atoms with E-state index in [9.17, 15) is 4.79 Å². The topological polar surface area (TPSA) is 29.5 Å². The lowest BCUT2D eigenvalue weighted by Crippen LogP contribution is -2.42. The summed E-state index contributed by atoms with van der Waals surface area (Å²) < 4.78 is 5.13. The van der Waals surface area contributed by atoms with Crippen molar-refractivity contribution < 1.29 is 9.53 Å². The van der Waals surface area contributed by atoms with Gasteiger partial charge in [0.25, 0.3) is 0 Å². The summed E-state index contributed by atoms with van der Waals surface area (Å²) in [7, 11) is 1.70. The standard InChI is InChI=1S/C15H21NO2/c1-12(15(17)13-6-4-3-5-7-13)16(10-11-18-2)14-8-9-14/h3-7,12,14H,8-11H2,1-2H3. The minimum Gasteiger partial charge on any atom is -0.383 e. The van der Waals surface area contributed by atoms with Gasteiger partial charge >= 0.3 is 0 Å². The highest BCUT2D eigenvalue weighted by Gasteiger charge is 2.34. The third kappa shape index (κ3) is 3.18. The van der Waals surface area contributed by atoms with Crippen LogP contribution in [0.1, 0.15) is 30.1 Å². The fourth-order valence-electron chi connectivity index (χ4n) is 2.29. The number of hydrogen-bond donors (Lipinski definition) is 0. The minimum absolute atomic E-state index is 0.0601. The molecule has 0 aliphatic heterocycles. The number of nitrogens with zero attached hydrogens (tertiary/aromatic N) is 1. The highest BCUT2D eigenvalue weighted by atomic mass is 16.5. The van der Waals surface area contributed by atoms with Crippen LogP contribution in [-0.2, 0) is 4.74 Å². The molecule has 1 atom stereocenters. The van der Waals surface area contributed by atoms with Gasteiger partial charge in [0.15, 0.2) is 5.78 Å². The zero-order chi connectivity index (χ0) is 13.0. The Kier molecular flexibility index (Phi) is 4.50. The van der Waals surface area contributed by atoms with Crippen LogP contribution in [0.4, 0.5) is 0 Å². The van der Waals surface area contributed by atoms with E-state index < -0.39 is 0 Å². The van der Waals surface area contributed by atoms with Gasteiger partial charge in [-0.3, -0.25) is 9.69 Å². The van der Waals surface area contributed by atoms with E-state index in [1.807, 2.05) is 37.3 Å². The molecular weight excluding hydrogens is 226 g/mol. The summed E-state index contributed by atoms with van der Waals surface area (Å²) in [5, 5.41) is 0. The maximum atomic E-state index is 12.4. The second-order valence-corrected chi connectivity index (χ2v) is 4.87. The van der Waals surface area contributed by atoms with Crippen LogP contribution in [0.3, 0.4) is 0 Å². The van der Waals surface area contributed by atoms with Crippen molar-refractivity contribution in [3.63, 3.8) is 0 Å². The zero-order valence-corrected chi connectivity index (χ0v) is 11.1. The molecule has 1 fully saturated rings. The Morgan fingerprint density at radius 2 is 2.06 bits per heavy atom. The smallest absolute Gasteiger partial charge is 0.179 e. The monoisotopic (exact) mass is 247 g/mol. The number of benzene rings is 1. The molecule has 0 spiro atoms. The Bertz CT molecular complexity index is 387. The van der Waals surface area contributed by atoms with E-state index in [1.165, 1.54) is 12.8 Å². The fourth-order valence-corrected chi connectivity index (χ4v) is 2.29. The van der Waals surface area contributed by atoms with E-state index in [2.05, 4.69) is 4.90 Å². The van der Waals surface area contributed by atoms with Crippen molar-refractivity contribution in [3.05, 3.63) is 35.9 Å². The number of ketones is 1. The van der Waals surface area contributed by atoms with Gasteiger partial charge < -0.3 is 4.74 Å². The summed E-state index contributed by atoms with van der Waals surface area (Å²) in [4.78, 5) is 14.7. The van der Waals surface area contributed by atoms with E-state index >= 15 is 0 Å². The summed E-state index contributed by atoms with van der Waals surface area (Å²) in [6.07, 6.45) is 2.41. The first-order valence-electron chi connectivity index (χ1n) is 6.58. The van der Waals surface area contributed by atoms with Crippen LogP contribution >= 0.6 is 0 Å². The van der Waals surface area contributed by atoms with Gasteiger partial charge in [0.1, 0.15) is 0 Å². The largest absolute Gasteiger partial charge is 0.383 e. The lowest BCUT2D eigenvalue weighted by molar-refractivity contribution is 0.0758. The molecule has 0 heterocycles. The van der Waals surface area contributed by atoms with Crippen LogP contribution in [0.5, 0.6) is 0 Å². The van der Waals surface area contributed by atoms with Crippen molar-refractivity contribution in [2.24, 2.45) is 0 Å². The van der Waals surface area contributed by atoms with Crippen molar-refractivity contribution >= 4 is 5.78 Å². The van der Waals surface area contributed by atoms with E-state index in [0.29, 0.717) is 12.6 Å². The number of Topliss-reactive ketones (excluding diaryl/α,β-unsaturated/α-hetero) is 1. The number of carbonyl (C=O) groups excluding carboxylic acids is 1. The van der Waals surface area contributed by atoms with Gasteiger partial charge in [-0.2, -0.15) is 0 Å². The normalized spacial score (nSPS) is 16.8. The molecule has 0 amide bonds. The molecule has 0 saturated heterocycles. The highest BCUT2D eigenvalue weighted by molar-refractivity contribution is 5.99. The molecule has 2 rings (SSSR count). The fraction of sp³-hybridized carbons (Fsp3) is 0.533. The average molecular weight is 247 g/mol. The van der Waals surface area contributed by atoms with Gasteiger partial charge in [0, 0.05) is 25.3 Å². The molecule has 1 saturated carbocycles. The third-order valence-corrected chi connectivity index (χ3v) is 3.50. The molecule has 1 aliphatic rings. The molecule has 0 aromatic heterocycles. The van der Waals surface area contributed by atoms with Gasteiger partial charge in [0.05, 0.1) is 12.6 Å². The van der Waals surface area contributed by atoms with Crippen LogP contribution in [0, 0.1) is 0 Å². The Hall–Kier alpha value is -1.19. The molecule has 0 radical (unpaired) electrons. The number of ether oxygens (including phenoxy) is 1. The number of rotatable bonds is 7. The zero-order valence-electron chi connectivity index (χ0n) is 11.1. The molecule has 0 bridgehead atoms. The molecule has 18 heavy (non-hydrogen) atoms. The van der Waals surface area contributed by atoms with Crippen molar-refractivity contribution in [1.82, 2.24) is 4.90 Å². The Balaban J connectivity index is 2.03. The molecule has 1 unspecified atom stereocenters. The summed E-state index contributed by atoms with van der Waals surface area (Å²) in [5.74, 6) is 0.207. The average Bonchev–Trinajstić information content (AvgIpc) is 3.24. The maximum absolute atomic E-state index is 12.4. The van der Waals surface area contributed by atoms with Crippen LogP contribution in [0.15, 0.2) is 30.3 Å². The quantitative estimate of drug-likeness (QED) is 0.693. The summed E-state index contributed by atoms with van der Waals surface area (Å²) >= 11 is 0. The molecular formula is C15H21NO2. The van der Waals surface area contributed by atoms with E-state index in [1.54, 1.807) is 7.11 Å². The van der Waals surface area contributed by atoms with Crippen LogP contribution in [0.25, 0.3) is 0 Å². The van der Waals surface area contributed by atoms with Crippen molar-refractivity contribution in [1.29, 1.82) is 0 Å². The molecule has 1 aliphatic carbocycles. The van der Waals surface area contributed by atoms with E-state index in [-0.39, 0.29) is 11.8 Å². The van der Waals surface area contributed by atoms with E-state index in [4.69, 9.17) is 4.74 Å². The van der Waals surface area contributed by atoms with Gasteiger partial charge in [-0.1, -0.05) is 30.3 Å². The van der Waals surface area contributed by atoms with Gasteiger partial charge in [-0.25, -0.2) is 0 Å². The molecule has 98 valence electrons. The SMILES string of the molecule is COCCN(C1CC1)C(C)C(=O)c1ccccc1.